The fraction of sp³-hybridized carbons (Fsp3) is 0.167. The van der Waals surface area contributed by atoms with Crippen molar-refractivity contribution in [2.45, 2.75) is 6.18 Å². The van der Waals surface area contributed by atoms with Gasteiger partial charge in [0.15, 0.2) is 0 Å². The Morgan fingerprint density at radius 2 is 2.14 bits per heavy atom. The van der Waals surface area contributed by atoms with Gasteiger partial charge in [0.05, 0.1) is 11.3 Å². The van der Waals surface area contributed by atoms with Crippen LogP contribution < -0.4 is 5.32 Å². The molecule has 0 fully saturated rings. The number of amides is 1. The molecular formula is C12H9F3N4O3. The van der Waals surface area contributed by atoms with Gasteiger partial charge in [-0.15, -0.1) is 0 Å². The Morgan fingerprint density at radius 1 is 1.41 bits per heavy atom. The predicted octanol–water partition coefficient (Wildman–Crippen LogP) is 2.07. The van der Waals surface area contributed by atoms with Gasteiger partial charge in [0, 0.05) is 24.0 Å². The molecule has 10 heteroatoms. The van der Waals surface area contributed by atoms with Crippen LogP contribution in [0.3, 0.4) is 0 Å². The highest BCUT2D eigenvalue weighted by atomic mass is 19.4. The van der Waals surface area contributed by atoms with Crippen LogP contribution in [0.15, 0.2) is 36.9 Å². The number of rotatable bonds is 4. The van der Waals surface area contributed by atoms with Crippen LogP contribution in [-0.4, -0.2) is 33.1 Å². The van der Waals surface area contributed by atoms with E-state index in [1.54, 1.807) is 5.32 Å². The highest BCUT2D eigenvalue weighted by Gasteiger charge is 2.28. The second-order valence-electron chi connectivity index (χ2n) is 4.23. The summed E-state index contributed by atoms with van der Waals surface area (Å²) in [5.74, 6) is -1.04. The van der Waals surface area contributed by atoms with E-state index in [0.717, 1.165) is 6.07 Å². The molecule has 0 radical (unpaired) electrons. The Kier molecular flexibility index (Phi) is 4.11. The van der Waals surface area contributed by atoms with E-state index < -0.39 is 29.2 Å². The van der Waals surface area contributed by atoms with Crippen LogP contribution in [-0.2, 0) is 0 Å². The maximum atomic E-state index is 12.1. The van der Waals surface area contributed by atoms with Crippen LogP contribution in [0.25, 0.3) is 5.69 Å². The van der Waals surface area contributed by atoms with Gasteiger partial charge >= 0.3 is 6.18 Å². The van der Waals surface area contributed by atoms with Gasteiger partial charge in [-0.3, -0.25) is 14.9 Å². The Hall–Kier alpha value is -2.91. The van der Waals surface area contributed by atoms with Crippen LogP contribution in [0.2, 0.25) is 0 Å². The van der Waals surface area contributed by atoms with Crippen molar-refractivity contribution in [3.63, 3.8) is 0 Å². The van der Waals surface area contributed by atoms with E-state index in [4.69, 9.17) is 0 Å². The maximum Gasteiger partial charge on any atom is 0.405 e. The van der Waals surface area contributed by atoms with Crippen molar-refractivity contribution in [1.29, 1.82) is 0 Å². The molecule has 7 nitrogen and oxygen atoms in total. The number of aromatic nitrogens is 2. The number of nitro groups is 1. The lowest BCUT2D eigenvalue weighted by Gasteiger charge is -2.09. The molecule has 1 heterocycles. The average molecular weight is 314 g/mol. The molecule has 22 heavy (non-hydrogen) atoms. The van der Waals surface area contributed by atoms with E-state index >= 15 is 0 Å². The van der Waals surface area contributed by atoms with Crippen molar-refractivity contribution in [3.8, 4) is 5.69 Å². The van der Waals surface area contributed by atoms with Gasteiger partial charge in [0.1, 0.15) is 12.2 Å². The smallest absolute Gasteiger partial charge is 0.343 e. The third-order valence-electron chi connectivity index (χ3n) is 2.67. The molecule has 2 aromatic rings. The first-order valence-corrected chi connectivity index (χ1v) is 5.89. The predicted molar refractivity (Wildman–Crippen MR) is 68.6 cm³/mol. The molecule has 1 aromatic carbocycles. The number of hydrogen-bond acceptors (Lipinski definition) is 4. The van der Waals surface area contributed by atoms with Gasteiger partial charge in [-0.2, -0.15) is 13.2 Å². The van der Waals surface area contributed by atoms with Gasteiger partial charge < -0.3 is 9.88 Å². The van der Waals surface area contributed by atoms with E-state index in [2.05, 4.69) is 4.98 Å². The molecule has 0 saturated carbocycles. The number of nitrogens with one attached hydrogen (secondary N) is 1. The lowest BCUT2D eigenvalue weighted by Crippen LogP contribution is -2.33. The highest BCUT2D eigenvalue weighted by molar-refractivity contribution is 5.95. The standard InChI is InChI=1S/C12H9F3N4O3/c13-12(14,15)6-17-11(20)8-1-2-9(10(5-8)19(21)22)18-4-3-16-7-18/h1-5,7H,6H2,(H,17,20). The third-order valence-corrected chi connectivity index (χ3v) is 2.67. The lowest BCUT2D eigenvalue weighted by atomic mass is 10.1. The Morgan fingerprint density at radius 3 is 2.68 bits per heavy atom. The third kappa shape index (κ3) is 3.59. The molecule has 0 spiro atoms. The quantitative estimate of drug-likeness (QED) is 0.691. The molecule has 116 valence electrons. The number of carbonyl (C=O) groups is 1. The van der Waals surface area contributed by atoms with Crippen molar-refractivity contribution in [1.82, 2.24) is 14.9 Å². The van der Waals surface area contributed by atoms with Crippen LogP contribution in [0.5, 0.6) is 0 Å². The number of halogens is 3. The van der Waals surface area contributed by atoms with Gasteiger partial charge in [-0.05, 0) is 12.1 Å². The van der Waals surface area contributed by atoms with Crippen LogP contribution in [0.1, 0.15) is 10.4 Å². The molecule has 0 aliphatic carbocycles. The molecule has 0 aliphatic heterocycles. The summed E-state index contributed by atoms with van der Waals surface area (Å²) in [5, 5.41) is 12.7. The largest absolute Gasteiger partial charge is 0.405 e. The number of nitrogens with zero attached hydrogens (tertiary/aromatic N) is 3. The SMILES string of the molecule is O=C(NCC(F)(F)F)c1ccc(-n2ccnc2)c([N+](=O)[O-])c1. The van der Waals surface area contributed by atoms with E-state index in [1.165, 1.54) is 35.4 Å². The summed E-state index contributed by atoms with van der Waals surface area (Å²) in [4.78, 5) is 25.7. The summed E-state index contributed by atoms with van der Waals surface area (Å²) in [5.41, 5.74) is -0.507. The fourth-order valence-electron chi connectivity index (χ4n) is 1.71. The monoisotopic (exact) mass is 314 g/mol. The van der Waals surface area contributed by atoms with Crippen LogP contribution in [0.4, 0.5) is 18.9 Å². The maximum absolute atomic E-state index is 12.1. The zero-order valence-corrected chi connectivity index (χ0v) is 10.9. The Bertz CT molecular complexity index is 698. The molecule has 1 N–H and O–H groups in total. The summed E-state index contributed by atoms with van der Waals surface area (Å²) in [6.45, 7) is -1.51. The van der Waals surface area contributed by atoms with E-state index in [0.29, 0.717) is 0 Å². The first-order chi connectivity index (χ1) is 10.3. The molecule has 0 saturated heterocycles. The minimum Gasteiger partial charge on any atom is -0.343 e. The minimum absolute atomic E-state index is 0.148. The van der Waals surface area contributed by atoms with E-state index in [1.807, 2.05) is 0 Å². The van der Waals surface area contributed by atoms with Gasteiger partial charge in [-0.1, -0.05) is 0 Å². The number of imidazole rings is 1. The number of hydrogen-bond donors (Lipinski definition) is 1. The molecular weight excluding hydrogens is 305 g/mol. The molecule has 0 unspecified atom stereocenters. The second kappa shape index (κ2) is 5.84. The summed E-state index contributed by atoms with van der Waals surface area (Å²) in [6.07, 6.45) is -0.358. The van der Waals surface area contributed by atoms with Gasteiger partial charge in [0.25, 0.3) is 11.6 Å². The van der Waals surface area contributed by atoms with E-state index in [9.17, 15) is 28.1 Å². The number of carbonyl (C=O) groups excluding carboxylic acids is 1. The number of nitro benzene ring substituents is 1. The zero-order valence-electron chi connectivity index (χ0n) is 10.9. The topological polar surface area (TPSA) is 90.1 Å². The fourth-order valence-corrected chi connectivity index (χ4v) is 1.71. The van der Waals surface area contributed by atoms with Crippen LogP contribution >= 0.6 is 0 Å². The molecule has 1 amide bonds. The first-order valence-electron chi connectivity index (χ1n) is 5.89. The Balaban J connectivity index is 2.30. The normalized spacial score (nSPS) is 11.2. The average Bonchev–Trinajstić information content (AvgIpc) is 2.97. The molecule has 0 aliphatic rings. The first kappa shape index (κ1) is 15.5. The highest BCUT2D eigenvalue weighted by Crippen LogP contribution is 2.24. The lowest BCUT2D eigenvalue weighted by molar-refractivity contribution is -0.384. The summed E-state index contributed by atoms with van der Waals surface area (Å²) < 4.78 is 37.5. The van der Waals surface area contributed by atoms with Crippen molar-refractivity contribution in [2.75, 3.05) is 6.54 Å². The minimum atomic E-state index is -4.56. The van der Waals surface area contributed by atoms with Crippen LogP contribution in [0, 0.1) is 10.1 Å². The van der Waals surface area contributed by atoms with Crippen molar-refractivity contribution in [3.05, 3.63) is 52.6 Å². The summed E-state index contributed by atoms with van der Waals surface area (Å²) in [7, 11) is 0. The second-order valence-corrected chi connectivity index (χ2v) is 4.23. The van der Waals surface area contributed by atoms with Crippen molar-refractivity contribution < 1.29 is 22.9 Å². The van der Waals surface area contributed by atoms with Crippen molar-refractivity contribution in [2.24, 2.45) is 0 Å². The van der Waals surface area contributed by atoms with E-state index in [-0.39, 0.29) is 11.3 Å². The molecule has 0 bridgehead atoms. The zero-order chi connectivity index (χ0) is 16.3. The molecule has 1 aromatic heterocycles. The van der Waals surface area contributed by atoms with Crippen molar-refractivity contribution >= 4 is 11.6 Å². The summed E-state index contributed by atoms with van der Waals surface area (Å²) >= 11 is 0. The Labute approximate surface area is 121 Å². The number of benzene rings is 1. The molecule has 0 atom stereocenters. The summed E-state index contributed by atoms with van der Waals surface area (Å²) in [6, 6.07) is 3.39. The van der Waals surface area contributed by atoms with Gasteiger partial charge in [0.2, 0.25) is 0 Å². The molecule has 2 rings (SSSR count). The van der Waals surface area contributed by atoms with Gasteiger partial charge in [-0.25, -0.2) is 4.98 Å². The number of alkyl halides is 3.